The Morgan fingerprint density at radius 2 is 1.49 bits per heavy atom. The number of alkyl halides is 2. The molecule has 3 aromatic heterocycles. The number of nitrogens with zero attached hydrogens (tertiary/aromatic N) is 5. The quantitative estimate of drug-likeness (QED) is 0.260. The van der Waals surface area contributed by atoms with Crippen LogP contribution in [-0.4, -0.2) is 31.5 Å². The van der Waals surface area contributed by atoms with Crippen molar-refractivity contribution in [2.75, 3.05) is 7.11 Å². The topological polar surface area (TPSA) is 74.3 Å². The van der Waals surface area contributed by atoms with Gasteiger partial charge in [0.25, 0.3) is 5.92 Å². The molecule has 188 valence electrons. The number of benzene rings is 2. The van der Waals surface area contributed by atoms with Gasteiger partial charge >= 0.3 is 5.69 Å². The van der Waals surface area contributed by atoms with E-state index >= 15 is 0 Å². The Morgan fingerprint density at radius 1 is 0.892 bits per heavy atom. The zero-order valence-electron chi connectivity index (χ0n) is 19.6. The molecule has 0 amide bonds. The highest BCUT2D eigenvalue weighted by molar-refractivity contribution is 6.31. The van der Waals surface area contributed by atoms with Crippen LogP contribution >= 0.6 is 23.2 Å². The second-order valence-electron chi connectivity index (χ2n) is 8.39. The lowest BCUT2D eigenvalue weighted by Gasteiger charge is -2.14. The minimum absolute atomic E-state index is 0.00338. The molecule has 0 aliphatic carbocycles. The smallest absolute Gasteiger partial charge is 0.367 e. The van der Waals surface area contributed by atoms with Crippen LogP contribution in [0.1, 0.15) is 18.2 Å². The molecule has 37 heavy (non-hydrogen) atoms. The third-order valence-corrected chi connectivity index (χ3v) is 6.27. The summed E-state index contributed by atoms with van der Waals surface area (Å²) in [5.74, 6) is -2.86. The molecule has 0 N–H and O–H groups in total. The molecular formula is C26H19Cl2F2N5O2. The minimum atomic E-state index is -3.07. The van der Waals surface area contributed by atoms with Crippen LogP contribution in [0.15, 0.2) is 71.7 Å². The van der Waals surface area contributed by atoms with Gasteiger partial charge in [0.2, 0.25) is 5.88 Å². The molecule has 3 heterocycles. The van der Waals surface area contributed by atoms with E-state index in [4.69, 9.17) is 27.9 Å². The van der Waals surface area contributed by atoms with Gasteiger partial charge in [0.1, 0.15) is 5.69 Å². The number of aromatic nitrogens is 5. The summed E-state index contributed by atoms with van der Waals surface area (Å²) in [6.07, 6.45) is 1.30. The highest BCUT2D eigenvalue weighted by atomic mass is 35.5. The van der Waals surface area contributed by atoms with Gasteiger partial charge in [0, 0.05) is 28.7 Å². The molecule has 5 aromatic rings. The molecule has 0 radical (unpaired) electrons. The fraction of sp³-hybridized carbons (Fsp3) is 0.154. The third kappa shape index (κ3) is 4.80. The fourth-order valence-electron chi connectivity index (χ4n) is 3.98. The summed E-state index contributed by atoms with van der Waals surface area (Å²) in [6.45, 7) is 0.778. The predicted octanol–water partition coefficient (Wildman–Crippen LogP) is 6.10. The largest absolute Gasteiger partial charge is 0.480 e. The Kier molecular flexibility index (Phi) is 6.43. The van der Waals surface area contributed by atoms with Crippen molar-refractivity contribution in [3.8, 4) is 28.1 Å². The molecule has 11 heteroatoms. The van der Waals surface area contributed by atoms with Crippen molar-refractivity contribution in [1.29, 1.82) is 0 Å². The highest BCUT2D eigenvalue weighted by Crippen LogP contribution is 2.40. The molecule has 0 spiro atoms. The molecule has 0 unspecified atom stereocenters. The minimum Gasteiger partial charge on any atom is -0.480 e. The molecule has 5 rings (SSSR count). The number of hydrogen-bond acceptors (Lipinski definition) is 5. The Morgan fingerprint density at radius 3 is 2.00 bits per heavy atom. The molecule has 0 fully saturated rings. The average molecular weight is 542 g/mol. The number of methoxy groups -OCH3 is 1. The first-order valence-electron chi connectivity index (χ1n) is 11.1. The van der Waals surface area contributed by atoms with Crippen molar-refractivity contribution in [3.05, 3.63) is 98.6 Å². The highest BCUT2D eigenvalue weighted by Gasteiger charge is 2.26. The first-order valence-corrected chi connectivity index (χ1v) is 11.8. The lowest BCUT2D eigenvalue weighted by molar-refractivity contribution is 0.0127. The molecule has 0 saturated carbocycles. The Bertz CT molecular complexity index is 1640. The van der Waals surface area contributed by atoms with E-state index in [1.54, 1.807) is 24.3 Å². The van der Waals surface area contributed by atoms with Crippen LogP contribution < -0.4 is 10.4 Å². The number of halogens is 4. The van der Waals surface area contributed by atoms with E-state index < -0.39 is 11.6 Å². The summed E-state index contributed by atoms with van der Waals surface area (Å²) in [4.78, 5) is 17.2. The Labute approximate surface area is 219 Å². The van der Waals surface area contributed by atoms with Gasteiger partial charge in [0.05, 0.1) is 19.2 Å². The fourth-order valence-corrected chi connectivity index (χ4v) is 4.23. The first-order chi connectivity index (χ1) is 17.7. The lowest BCUT2D eigenvalue weighted by atomic mass is 9.96. The summed E-state index contributed by atoms with van der Waals surface area (Å²) in [5.41, 5.74) is 2.61. The van der Waals surface area contributed by atoms with E-state index in [2.05, 4.69) is 15.2 Å². The summed E-state index contributed by atoms with van der Waals surface area (Å²) in [7, 11) is 1.46. The van der Waals surface area contributed by atoms with Gasteiger partial charge in [-0.1, -0.05) is 53.5 Å². The number of ether oxygens (including phenoxy) is 1. The van der Waals surface area contributed by atoms with E-state index in [-0.39, 0.29) is 23.8 Å². The van der Waals surface area contributed by atoms with Crippen molar-refractivity contribution in [2.45, 2.75) is 19.4 Å². The van der Waals surface area contributed by atoms with Gasteiger partial charge in [-0.25, -0.2) is 9.48 Å². The molecule has 0 atom stereocenters. The number of hydrogen-bond donors (Lipinski definition) is 0. The molecule has 2 aromatic carbocycles. The average Bonchev–Trinajstić information content (AvgIpc) is 3.18. The number of rotatable bonds is 6. The summed E-state index contributed by atoms with van der Waals surface area (Å²) >= 11 is 12.2. The number of fused-ring (bicyclic) bond motifs is 1. The lowest BCUT2D eigenvalue weighted by Crippen LogP contribution is -2.23. The van der Waals surface area contributed by atoms with Crippen LogP contribution in [0.2, 0.25) is 10.0 Å². The molecular weight excluding hydrogens is 523 g/mol. The van der Waals surface area contributed by atoms with Crippen molar-refractivity contribution < 1.29 is 13.5 Å². The van der Waals surface area contributed by atoms with Crippen molar-refractivity contribution in [1.82, 2.24) is 24.4 Å². The van der Waals surface area contributed by atoms with E-state index in [9.17, 15) is 13.6 Å². The van der Waals surface area contributed by atoms with Crippen LogP contribution in [0.25, 0.3) is 27.9 Å². The standard InChI is InChI=1S/C26H19Cl2F2N5O2/c1-26(29,30)20-12-3-15(13-31-20)14-34-25(36)35-23(32-34)21(16-4-8-18(27)9-5-16)22(24(33-35)37-2)17-6-10-19(28)11-7-17/h3-13H,14H2,1-2H3. The summed E-state index contributed by atoms with van der Waals surface area (Å²) in [6, 6.07) is 16.9. The van der Waals surface area contributed by atoms with Gasteiger partial charge < -0.3 is 4.74 Å². The van der Waals surface area contributed by atoms with E-state index in [0.717, 1.165) is 22.6 Å². The molecule has 0 saturated heterocycles. The van der Waals surface area contributed by atoms with Crippen LogP contribution in [0.4, 0.5) is 8.78 Å². The van der Waals surface area contributed by atoms with Gasteiger partial charge in [-0.2, -0.15) is 13.3 Å². The van der Waals surface area contributed by atoms with Crippen molar-refractivity contribution >= 4 is 28.8 Å². The first kappa shape index (κ1) is 24.9. The molecule has 0 bridgehead atoms. The molecule has 0 aliphatic heterocycles. The Hall–Kier alpha value is -3.82. The maximum atomic E-state index is 13.5. The molecule has 7 nitrogen and oxygen atoms in total. The summed E-state index contributed by atoms with van der Waals surface area (Å²) < 4.78 is 35.1. The maximum absolute atomic E-state index is 13.5. The zero-order valence-corrected chi connectivity index (χ0v) is 21.1. The van der Waals surface area contributed by atoms with Gasteiger partial charge in [-0.15, -0.1) is 10.2 Å². The van der Waals surface area contributed by atoms with E-state index in [1.807, 2.05) is 24.3 Å². The SMILES string of the molecule is COc1nn2c(=O)n(Cc3ccc(C(C)(F)F)nc3)nc2c(-c2ccc(Cl)cc2)c1-c1ccc(Cl)cc1. The predicted molar refractivity (Wildman–Crippen MR) is 138 cm³/mol. The second-order valence-corrected chi connectivity index (χ2v) is 9.26. The number of pyridine rings is 1. The van der Waals surface area contributed by atoms with Crippen molar-refractivity contribution in [2.24, 2.45) is 0 Å². The van der Waals surface area contributed by atoms with E-state index in [0.29, 0.717) is 26.7 Å². The van der Waals surface area contributed by atoms with Gasteiger partial charge in [-0.05, 0) is 47.0 Å². The van der Waals surface area contributed by atoms with Gasteiger partial charge in [0.15, 0.2) is 5.65 Å². The normalized spacial score (nSPS) is 11.7. The van der Waals surface area contributed by atoms with Crippen LogP contribution in [0, 0.1) is 0 Å². The summed E-state index contributed by atoms with van der Waals surface area (Å²) in [5, 5.41) is 10.1. The van der Waals surface area contributed by atoms with Gasteiger partial charge in [-0.3, -0.25) is 4.98 Å². The third-order valence-electron chi connectivity index (χ3n) is 5.76. The van der Waals surface area contributed by atoms with Crippen molar-refractivity contribution in [3.63, 3.8) is 0 Å². The van der Waals surface area contributed by atoms with Crippen LogP contribution in [-0.2, 0) is 12.5 Å². The second kappa shape index (κ2) is 9.57. The van der Waals surface area contributed by atoms with Crippen LogP contribution in [0.5, 0.6) is 5.88 Å². The van der Waals surface area contributed by atoms with Crippen LogP contribution in [0.3, 0.4) is 0 Å². The monoisotopic (exact) mass is 541 g/mol. The van der Waals surface area contributed by atoms with E-state index in [1.165, 1.54) is 30.1 Å². The zero-order chi connectivity index (χ0) is 26.3. The Balaban J connectivity index is 1.72. The maximum Gasteiger partial charge on any atom is 0.367 e. The molecule has 0 aliphatic rings.